The van der Waals surface area contributed by atoms with Crippen LogP contribution in [0.25, 0.3) is 11.1 Å². The lowest BCUT2D eigenvalue weighted by Gasteiger charge is -2.28. The molecule has 1 aliphatic carbocycles. The third-order valence-corrected chi connectivity index (χ3v) is 9.39. The van der Waals surface area contributed by atoms with Gasteiger partial charge in [0.1, 0.15) is 5.52 Å². The number of rotatable bonds is 13. The van der Waals surface area contributed by atoms with E-state index in [2.05, 4.69) is 10.3 Å². The predicted molar refractivity (Wildman–Crippen MR) is 152 cm³/mol. The molecule has 2 heterocycles. The SMILES string of the molecule is O=C(N[C@@H](CCc1ccccc1)C(=O)c1nc2ccccc2o1)C(CC(=O)N1CCOCC1)CS(=O)(=O)CC1CC1. The van der Waals surface area contributed by atoms with Crippen molar-refractivity contribution in [3.05, 3.63) is 66.1 Å². The highest BCUT2D eigenvalue weighted by atomic mass is 32.2. The number of morpholine rings is 1. The third kappa shape index (κ3) is 8.01. The summed E-state index contributed by atoms with van der Waals surface area (Å²) >= 11 is 0. The van der Waals surface area contributed by atoms with Gasteiger partial charge in [-0.2, -0.15) is 0 Å². The van der Waals surface area contributed by atoms with Gasteiger partial charge in [0, 0.05) is 19.5 Å². The van der Waals surface area contributed by atoms with E-state index in [4.69, 9.17) is 9.15 Å². The highest BCUT2D eigenvalue weighted by molar-refractivity contribution is 7.91. The molecule has 0 radical (unpaired) electrons. The molecule has 11 heteroatoms. The number of aromatic nitrogens is 1. The summed E-state index contributed by atoms with van der Waals surface area (Å²) in [5, 5.41) is 2.78. The number of fused-ring (bicyclic) bond motifs is 1. The topological polar surface area (TPSA) is 136 Å². The summed E-state index contributed by atoms with van der Waals surface area (Å²) in [6.07, 6.45) is 2.16. The minimum atomic E-state index is -3.59. The molecule has 2 aromatic carbocycles. The van der Waals surface area contributed by atoms with Crippen LogP contribution in [0.5, 0.6) is 0 Å². The van der Waals surface area contributed by atoms with Crippen LogP contribution in [-0.4, -0.2) is 79.8 Å². The Morgan fingerprint density at radius 2 is 1.71 bits per heavy atom. The van der Waals surface area contributed by atoms with E-state index in [0.29, 0.717) is 43.8 Å². The first kappa shape index (κ1) is 28.9. The van der Waals surface area contributed by atoms with Crippen molar-refractivity contribution in [2.45, 2.75) is 38.1 Å². The van der Waals surface area contributed by atoms with Crippen molar-refractivity contribution in [2.24, 2.45) is 11.8 Å². The Kier molecular flexibility index (Phi) is 9.14. The quantitative estimate of drug-likeness (QED) is 0.305. The van der Waals surface area contributed by atoms with Gasteiger partial charge in [0.15, 0.2) is 15.4 Å². The van der Waals surface area contributed by atoms with Crippen LogP contribution >= 0.6 is 0 Å². The number of para-hydroxylation sites is 2. The van der Waals surface area contributed by atoms with E-state index in [-0.39, 0.29) is 36.3 Å². The largest absolute Gasteiger partial charge is 0.434 e. The maximum atomic E-state index is 13.7. The van der Waals surface area contributed by atoms with Crippen molar-refractivity contribution in [2.75, 3.05) is 37.8 Å². The number of ketones is 1. The average Bonchev–Trinajstić information content (AvgIpc) is 3.67. The normalized spacial score (nSPS) is 17.2. The van der Waals surface area contributed by atoms with Gasteiger partial charge in [-0.15, -0.1) is 0 Å². The average molecular weight is 582 g/mol. The Bertz CT molecular complexity index is 1440. The lowest BCUT2D eigenvalue weighted by atomic mass is 9.99. The zero-order valence-electron chi connectivity index (χ0n) is 22.9. The first-order valence-electron chi connectivity index (χ1n) is 14.1. The monoisotopic (exact) mass is 581 g/mol. The van der Waals surface area contributed by atoms with Crippen LogP contribution in [0.4, 0.5) is 0 Å². The number of benzene rings is 2. The number of ether oxygens (including phenoxy) is 1. The van der Waals surface area contributed by atoms with E-state index in [0.717, 1.165) is 18.4 Å². The molecule has 1 saturated heterocycles. The van der Waals surface area contributed by atoms with Gasteiger partial charge in [-0.1, -0.05) is 42.5 Å². The fraction of sp³-hybridized carbons (Fsp3) is 0.467. The summed E-state index contributed by atoms with van der Waals surface area (Å²) in [7, 11) is -3.59. The van der Waals surface area contributed by atoms with Crippen molar-refractivity contribution in [1.29, 1.82) is 0 Å². The molecule has 0 spiro atoms. The number of nitrogens with one attached hydrogen (secondary N) is 1. The molecule has 41 heavy (non-hydrogen) atoms. The Morgan fingerprint density at radius 1 is 1.00 bits per heavy atom. The van der Waals surface area contributed by atoms with Crippen molar-refractivity contribution in [3.63, 3.8) is 0 Å². The summed E-state index contributed by atoms with van der Waals surface area (Å²) in [5.74, 6) is -3.07. The molecule has 2 fully saturated rings. The summed E-state index contributed by atoms with van der Waals surface area (Å²) in [6.45, 7) is 1.56. The fourth-order valence-corrected chi connectivity index (χ4v) is 7.11. The number of Topliss-reactive ketones (excluding diaryl/α,β-unsaturated/α-hetero) is 1. The van der Waals surface area contributed by atoms with E-state index < -0.39 is 39.2 Å². The zero-order chi connectivity index (χ0) is 28.8. The summed E-state index contributed by atoms with van der Waals surface area (Å²) in [4.78, 5) is 46.3. The van der Waals surface area contributed by atoms with Crippen molar-refractivity contribution in [1.82, 2.24) is 15.2 Å². The second kappa shape index (κ2) is 12.9. The van der Waals surface area contributed by atoms with Gasteiger partial charge in [-0.25, -0.2) is 13.4 Å². The van der Waals surface area contributed by atoms with Gasteiger partial charge in [0.25, 0.3) is 5.89 Å². The van der Waals surface area contributed by atoms with E-state index in [1.165, 1.54) is 0 Å². The van der Waals surface area contributed by atoms with Gasteiger partial charge >= 0.3 is 0 Å². The molecule has 0 bridgehead atoms. The van der Waals surface area contributed by atoms with Gasteiger partial charge in [-0.3, -0.25) is 14.4 Å². The minimum Gasteiger partial charge on any atom is -0.434 e. The van der Waals surface area contributed by atoms with Gasteiger partial charge < -0.3 is 19.4 Å². The molecule has 218 valence electrons. The fourth-order valence-electron chi connectivity index (χ4n) is 5.04. The standard InChI is InChI=1S/C30H35N3O7S/c34-27(33-14-16-39-17-15-33)18-23(20-41(37,38)19-22-10-11-22)29(36)31-25(13-12-21-6-2-1-3-7-21)28(35)30-32-24-8-4-5-9-26(24)40-30/h1-9,22-23,25H,10-20H2,(H,31,36)/t23?,25-/m0/s1. The van der Waals surface area contributed by atoms with Crippen LogP contribution in [0.15, 0.2) is 59.0 Å². The van der Waals surface area contributed by atoms with Crippen LogP contribution in [0.2, 0.25) is 0 Å². The number of carbonyl (C=O) groups excluding carboxylic acids is 3. The highest BCUT2D eigenvalue weighted by Gasteiger charge is 2.36. The summed E-state index contributed by atoms with van der Waals surface area (Å²) in [6, 6.07) is 15.5. The number of carbonyl (C=O) groups is 3. The summed E-state index contributed by atoms with van der Waals surface area (Å²) < 4.78 is 37.0. The Hall–Kier alpha value is -3.57. The Balaban J connectivity index is 1.36. The first-order chi connectivity index (χ1) is 19.8. The van der Waals surface area contributed by atoms with Crippen LogP contribution in [0.3, 0.4) is 0 Å². The molecular formula is C30H35N3O7S. The molecule has 2 atom stereocenters. The minimum absolute atomic E-state index is 0.00178. The van der Waals surface area contributed by atoms with E-state index in [1.54, 1.807) is 29.2 Å². The lowest BCUT2D eigenvalue weighted by Crippen LogP contribution is -2.48. The second-order valence-corrected chi connectivity index (χ2v) is 13.0. The maximum Gasteiger partial charge on any atom is 0.266 e. The Labute approximate surface area is 239 Å². The third-order valence-electron chi connectivity index (χ3n) is 7.50. The Morgan fingerprint density at radius 3 is 2.41 bits per heavy atom. The smallest absolute Gasteiger partial charge is 0.266 e. The van der Waals surface area contributed by atoms with Gasteiger partial charge in [0.05, 0.1) is 36.7 Å². The molecule has 2 amide bonds. The van der Waals surface area contributed by atoms with Crippen molar-refractivity contribution < 1.29 is 32.0 Å². The van der Waals surface area contributed by atoms with Crippen molar-refractivity contribution >= 4 is 38.5 Å². The number of hydrogen-bond donors (Lipinski definition) is 1. The van der Waals surface area contributed by atoms with Gasteiger partial charge in [-0.05, 0) is 49.3 Å². The van der Waals surface area contributed by atoms with Crippen LogP contribution < -0.4 is 5.32 Å². The van der Waals surface area contributed by atoms with Crippen molar-refractivity contribution in [3.8, 4) is 0 Å². The van der Waals surface area contributed by atoms with Crippen LogP contribution in [-0.2, 0) is 30.6 Å². The molecule has 2 aliphatic rings. The predicted octanol–water partition coefficient (Wildman–Crippen LogP) is 2.82. The highest BCUT2D eigenvalue weighted by Crippen LogP contribution is 2.31. The molecule has 1 unspecified atom stereocenters. The van der Waals surface area contributed by atoms with Crippen LogP contribution in [0.1, 0.15) is 41.9 Å². The van der Waals surface area contributed by atoms with E-state index in [9.17, 15) is 22.8 Å². The molecule has 1 aliphatic heterocycles. The molecule has 1 saturated carbocycles. The molecule has 10 nitrogen and oxygen atoms in total. The maximum absolute atomic E-state index is 13.7. The molecule has 3 aromatic rings. The lowest BCUT2D eigenvalue weighted by molar-refractivity contribution is -0.139. The summed E-state index contributed by atoms with van der Waals surface area (Å²) in [5.41, 5.74) is 1.94. The second-order valence-electron chi connectivity index (χ2n) is 10.9. The number of nitrogens with zero attached hydrogens (tertiary/aromatic N) is 2. The van der Waals surface area contributed by atoms with E-state index >= 15 is 0 Å². The number of aryl methyl sites for hydroxylation is 1. The molecule has 1 N–H and O–H groups in total. The zero-order valence-corrected chi connectivity index (χ0v) is 23.7. The first-order valence-corrected chi connectivity index (χ1v) is 15.9. The molecule has 5 rings (SSSR count). The molecular weight excluding hydrogens is 546 g/mol. The van der Waals surface area contributed by atoms with E-state index in [1.807, 2.05) is 30.3 Å². The molecule has 1 aromatic heterocycles. The number of oxazole rings is 1. The van der Waals surface area contributed by atoms with Gasteiger partial charge in [0.2, 0.25) is 17.6 Å². The number of sulfone groups is 1. The number of amides is 2. The van der Waals surface area contributed by atoms with Crippen LogP contribution in [0, 0.1) is 11.8 Å². The number of hydrogen-bond acceptors (Lipinski definition) is 8.